The molecule has 6 rings (SSSR count). The number of hydrogen-bond acceptors (Lipinski definition) is 4. The second-order valence-corrected chi connectivity index (χ2v) is 17.4. The van der Waals surface area contributed by atoms with Gasteiger partial charge in [0.15, 0.2) is 0 Å². The van der Waals surface area contributed by atoms with Gasteiger partial charge in [0.05, 0.1) is 0 Å². The quantitative estimate of drug-likeness (QED) is 0.452. The van der Waals surface area contributed by atoms with Crippen LogP contribution in [0.4, 0.5) is 0 Å². The number of nitrogens with zero attached hydrogens (tertiary/aromatic N) is 7. The molecule has 0 unspecified atom stereocenters. The zero-order chi connectivity index (χ0) is 22.1. The molecule has 0 aromatic heterocycles. The Morgan fingerprint density at radius 2 is 0.606 bits per heavy atom. The molecule has 0 spiro atoms. The van der Waals surface area contributed by atoms with E-state index in [-0.39, 0.29) is 0 Å². The summed E-state index contributed by atoms with van der Waals surface area (Å²) in [6.45, 7) is 15.4. The Hall–Kier alpha value is 0.420. The minimum absolute atomic E-state index is 1.28. The first-order valence-corrected chi connectivity index (χ1v) is 17.6. The van der Waals surface area contributed by atoms with Gasteiger partial charge in [-0.15, -0.1) is 14.0 Å². The van der Waals surface area contributed by atoms with Crippen molar-refractivity contribution in [2.75, 3.05) is 78.5 Å². The van der Waals surface area contributed by atoms with Gasteiger partial charge in [0.2, 0.25) is 7.51 Å². The van der Waals surface area contributed by atoms with Gasteiger partial charge in [-0.3, -0.25) is 0 Å². The molecule has 0 radical (unpaired) electrons. The van der Waals surface area contributed by atoms with Gasteiger partial charge in [0, 0.05) is 78.5 Å². The smallest absolute Gasteiger partial charge is 0.243 e. The van der Waals surface area contributed by atoms with E-state index < -0.39 is 15.4 Å². The van der Waals surface area contributed by atoms with E-state index in [1.165, 1.54) is 156 Å². The molecule has 0 atom stereocenters. The molecule has 0 aliphatic carbocycles. The molecular weight excluding hydrogens is 448 g/mol. The maximum Gasteiger partial charge on any atom is 0.357 e. The maximum absolute atomic E-state index is 6.61. The molecule has 0 amide bonds. The average molecular weight is 497 g/mol. The lowest BCUT2D eigenvalue weighted by atomic mass is 10.4. The van der Waals surface area contributed by atoms with Gasteiger partial charge in [-0.05, 0) is 81.6 Å². The van der Waals surface area contributed by atoms with Crippen LogP contribution in [0.5, 0.6) is 0 Å². The summed E-state index contributed by atoms with van der Waals surface area (Å²) in [6.07, 6.45) is 16.5. The summed E-state index contributed by atoms with van der Waals surface area (Å²) in [5.41, 5.74) is 0. The zero-order valence-corrected chi connectivity index (χ0v) is 22.8. The van der Waals surface area contributed by atoms with Crippen molar-refractivity contribution in [2.45, 2.75) is 77.0 Å². The molecule has 0 saturated carbocycles. The minimum Gasteiger partial charge on any atom is -0.243 e. The van der Waals surface area contributed by atoms with Gasteiger partial charge >= 0.3 is 7.87 Å². The van der Waals surface area contributed by atoms with E-state index in [0.29, 0.717) is 0 Å². The lowest BCUT2D eigenvalue weighted by Gasteiger charge is -2.48. The highest BCUT2D eigenvalue weighted by atomic mass is 31.2. The van der Waals surface area contributed by atoms with Gasteiger partial charge < -0.3 is 0 Å². The Morgan fingerprint density at radius 1 is 0.364 bits per heavy atom. The third-order valence-electron chi connectivity index (χ3n) is 9.01. The predicted molar refractivity (Wildman–Crippen MR) is 141 cm³/mol. The summed E-state index contributed by atoms with van der Waals surface area (Å²) in [5, 5.41) is 0. The fourth-order valence-corrected chi connectivity index (χ4v) is 18.5. The van der Waals surface area contributed by atoms with Crippen LogP contribution in [0, 0.1) is 0 Å². The molecule has 0 aromatic carbocycles. The van der Waals surface area contributed by atoms with Gasteiger partial charge in [-0.2, -0.15) is 0 Å². The Labute approximate surface area is 203 Å². The van der Waals surface area contributed by atoms with Crippen LogP contribution in [-0.4, -0.2) is 107 Å². The van der Waals surface area contributed by atoms with E-state index in [1.54, 1.807) is 0 Å². The zero-order valence-electron chi connectivity index (χ0n) is 21.0. The van der Waals surface area contributed by atoms with E-state index >= 15 is 0 Å². The summed E-state index contributed by atoms with van der Waals surface area (Å²) in [6, 6.07) is 0. The standard InChI is InChI=1S/C24H48N7P2/c1-2-14-26(13-1)32(27-15-3-4-16-27,28-17-5-6-18-28)25-33(29-19-7-8-20-29,30-21-9-10-22-30)31-23-11-12-24-31/h1-24H2/q+1. The molecule has 6 aliphatic rings. The predicted octanol–water partition coefficient (Wildman–Crippen LogP) is 5.19. The van der Waals surface area contributed by atoms with E-state index in [2.05, 4.69) is 28.0 Å². The third-order valence-corrected chi connectivity index (χ3v) is 17.9. The normalized spacial score (nSPS) is 30.4. The highest BCUT2D eigenvalue weighted by Crippen LogP contribution is 2.79. The SMILES string of the molecule is C1CCN(P(=N[P+](N2CCCC2)(N2CCCC2)N2CCCC2)(N2CCCC2)N2CCCC2)C1. The van der Waals surface area contributed by atoms with Crippen molar-refractivity contribution in [3.05, 3.63) is 0 Å². The summed E-state index contributed by atoms with van der Waals surface area (Å²) in [4.78, 5) is 0. The van der Waals surface area contributed by atoms with Crippen molar-refractivity contribution in [3.8, 4) is 0 Å². The molecular formula is C24H48N7P2+. The molecule has 6 fully saturated rings. The fraction of sp³-hybridized carbons (Fsp3) is 1.00. The largest absolute Gasteiger partial charge is 0.357 e. The van der Waals surface area contributed by atoms with Crippen LogP contribution in [0.25, 0.3) is 0 Å². The van der Waals surface area contributed by atoms with Gasteiger partial charge in [-0.1, -0.05) is 0 Å². The summed E-state index contributed by atoms with van der Waals surface area (Å²) in [7, 11) is -3.74. The van der Waals surface area contributed by atoms with Crippen LogP contribution in [-0.2, 0) is 0 Å². The van der Waals surface area contributed by atoms with E-state index in [1.807, 2.05) is 0 Å². The molecule has 7 nitrogen and oxygen atoms in total. The summed E-state index contributed by atoms with van der Waals surface area (Å²) < 4.78 is 24.4. The van der Waals surface area contributed by atoms with E-state index in [4.69, 9.17) is 4.52 Å². The van der Waals surface area contributed by atoms with Crippen molar-refractivity contribution in [1.29, 1.82) is 0 Å². The molecule has 6 saturated heterocycles. The molecule has 33 heavy (non-hydrogen) atoms. The van der Waals surface area contributed by atoms with Gasteiger partial charge in [0.1, 0.15) is 0 Å². The van der Waals surface area contributed by atoms with Crippen LogP contribution in [0.15, 0.2) is 4.52 Å². The lowest BCUT2D eigenvalue weighted by Crippen LogP contribution is -2.44. The lowest BCUT2D eigenvalue weighted by molar-refractivity contribution is 0.362. The van der Waals surface area contributed by atoms with E-state index in [9.17, 15) is 0 Å². The molecule has 6 heterocycles. The molecule has 6 aliphatic heterocycles. The Bertz CT molecular complexity index is 609. The highest BCUT2D eigenvalue weighted by Gasteiger charge is 2.62. The second-order valence-electron chi connectivity index (χ2n) is 11.1. The molecule has 0 bridgehead atoms. The molecule has 9 heteroatoms. The topological polar surface area (TPSA) is 31.8 Å². The van der Waals surface area contributed by atoms with Crippen molar-refractivity contribution >= 4 is 15.4 Å². The van der Waals surface area contributed by atoms with Crippen LogP contribution in [0.1, 0.15) is 77.0 Å². The van der Waals surface area contributed by atoms with Crippen LogP contribution in [0.3, 0.4) is 0 Å². The van der Waals surface area contributed by atoms with Crippen molar-refractivity contribution < 1.29 is 0 Å². The molecule has 0 N–H and O–H groups in total. The summed E-state index contributed by atoms with van der Waals surface area (Å²) >= 11 is 0. The first-order valence-electron chi connectivity index (χ1n) is 14.4. The maximum atomic E-state index is 6.61. The first kappa shape index (κ1) is 23.8. The number of rotatable bonds is 7. The Kier molecular flexibility index (Phi) is 7.51. The average Bonchev–Trinajstić information content (AvgIpc) is 3.72. The first-order chi connectivity index (χ1) is 16.3. The van der Waals surface area contributed by atoms with Crippen molar-refractivity contribution in [3.63, 3.8) is 0 Å². The fourth-order valence-electron chi connectivity index (χ4n) is 7.39. The second kappa shape index (κ2) is 10.4. The molecule has 188 valence electrons. The number of hydrogen-bond donors (Lipinski definition) is 0. The Morgan fingerprint density at radius 3 is 0.879 bits per heavy atom. The highest BCUT2D eigenvalue weighted by molar-refractivity contribution is 7.75. The van der Waals surface area contributed by atoms with Crippen molar-refractivity contribution in [2.24, 2.45) is 4.52 Å². The summed E-state index contributed by atoms with van der Waals surface area (Å²) in [5.74, 6) is 0. The van der Waals surface area contributed by atoms with E-state index in [0.717, 1.165) is 0 Å². The van der Waals surface area contributed by atoms with Gasteiger partial charge in [-0.25, -0.2) is 14.0 Å². The van der Waals surface area contributed by atoms with Crippen LogP contribution >= 0.6 is 15.4 Å². The third kappa shape index (κ3) is 4.21. The monoisotopic (exact) mass is 496 g/mol. The van der Waals surface area contributed by atoms with Gasteiger partial charge in [0.25, 0.3) is 0 Å². The van der Waals surface area contributed by atoms with Crippen molar-refractivity contribution in [1.82, 2.24) is 28.0 Å². The Balaban J connectivity index is 1.57. The minimum atomic E-state index is -1.87. The molecule has 0 aromatic rings. The van der Waals surface area contributed by atoms with Crippen LogP contribution in [0.2, 0.25) is 0 Å². The van der Waals surface area contributed by atoms with Crippen LogP contribution < -0.4 is 0 Å².